The highest BCUT2D eigenvalue weighted by atomic mass is 16.5. The van der Waals surface area contributed by atoms with Crippen LogP contribution in [0, 0.1) is 5.92 Å². The third-order valence-electron chi connectivity index (χ3n) is 2.20. The standard InChI is InChI=1S/C11H19NO3/c1-7(2)9(10(13)8(3)4)12(5)11(14)15-6/h7,9H,3H2,1-2,4-6H3. The maximum absolute atomic E-state index is 11.8. The van der Waals surface area contributed by atoms with Crippen molar-refractivity contribution in [1.29, 1.82) is 0 Å². The van der Waals surface area contributed by atoms with Crippen LogP contribution in [0.4, 0.5) is 4.79 Å². The first-order valence-electron chi connectivity index (χ1n) is 4.83. The molecule has 0 aliphatic heterocycles. The summed E-state index contributed by atoms with van der Waals surface area (Å²) in [6, 6.07) is -0.505. The lowest BCUT2D eigenvalue weighted by molar-refractivity contribution is -0.121. The van der Waals surface area contributed by atoms with E-state index in [9.17, 15) is 9.59 Å². The van der Waals surface area contributed by atoms with Crippen LogP contribution in [0.5, 0.6) is 0 Å². The Morgan fingerprint density at radius 2 is 1.80 bits per heavy atom. The van der Waals surface area contributed by atoms with Crippen molar-refractivity contribution >= 4 is 11.9 Å². The molecule has 0 bridgehead atoms. The number of hydrogen-bond acceptors (Lipinski definition) is 3. The van der Waals surface area contributed by atoms with Gasteiger partial charge < -0.3 is 9.64 Å². The zero-order chi connectivity index (χ0) is 12.2. The zero-order valence-corrected chi connectivity index (χ0v) is 10.0. The van der Waals surface area contributed by atoms with Gasteiger partial charge in [0.1, 0.15) is 0 Å². The van der Waals surface area contributed by atoms with Crippen molar-refractivity contribution in [2.75, 3.05) is 14.2 Å². The Kier molecular flexibility index (Phi) is 5.05. The highest BCUT2D eigenvalue weighted by molar-refractivity contribution is 6.00. The number of Topliss-reactive ketones (excluding diaryl/α,β-unsaturated/α-hetero) is 1. The number of nitrogens with zero attached hydrogens (tertiary/aromatic N) is 1. The molecule has 0 heterocycles. The predicted molar refractivity (Wildman–Crippen MR) is 58.6 cm³/mol. The van der Waals surface area contributed by atoms with Crippen LogP contribution < -0.4 is 0 Å². The quantitative estimate of drug-likeness (QED) is 0.669. The second-order valence-corrected chi connectivity index (χ2v) is 3.91. The van der Waals surface area contributed by atoms with Gasteiger partial charge in [-0.1, -0.05) is 20.4 Å². The number of carbonyl (C=O) groups is 2. The van der Waals surface area contributed by atoms with E-state index in [1.807, 2.05) is 13.8 Å². The first kappa shape index (κ1) is 13.7. The second-order valence-electron chi connectivity index (χ2n) is 3.91. The molecule has 0 saturated carbocycles. The van der Waals surface area contributed by atoms with Crippen molar-refractivity contribution in [3.05, 3.63) is 12.2 Å². The molecule has 0 aliphatic carbocycles. The maximum atomic E-state index is 11.8. The van der Waals surface area contributed by atoms with Crippen LogP contribution in [-0.4, -0.2) is 37.0 Å². The summed E-state index contributed by atoms with van der Waals surface area (Å²) < 4.78 is 4.58. The van der Waals surface area contributed by atoms with Crippen molar-refractivity contribution in [3.63, 3.8) is 0 Å². The number of amides is 1. The van der Waals surface area contributed by atoms with Gasteiger partial charge in [-0.25, -0.2) is 4.79 Å². The predicted octanol–water partition coefficient (Wildman–Crippen LogP) is 1.85. The van der Waals surface area contributed by atoms with E-state index < -0.39 is 12.1 Å². The molecule has 0 spiro atoms. The Morgan fingerprint density at radius 1 is 1.33 bits per heavy atom. The van der Waals surface area contributed by atoms with Gasteiger partial charge in [0.25, 0.3) is 0 Å². The van der Waals surface area contributed by atoms with E-state index in [1.54, 1.807) is 14.0 Å². The average Bonchev–Trinajstić information content (AvgIpc) is 2.15. The number of ether oxygens (including phenoxy) is 1. The Morgan fingerprint density at radius 3 is 2.07 bits per heavy atom. The summed E-state index contributed by atoms with van der Waals surface area (Å²) in [5.41, 5.74) is 0.449. The van der Waals surface area contributed by atoms with Crippen LogP contribution in [0.3, 0.4) is 0 Å². The third kappa shape index (κ3) is 3.38. The van der Waals surface area contributed by atoms with Gasteiger partial charge in [-0.05, 0) is 18.4 Å². The van der Waals surface area contributed by atoms with E-state index in [-0.39, 0.29) is 11.7 Å². The van der Waals surface area contributed by atoms with E-state index in [0.29, 0.717) is 5.57 Å². The first-order valence-corrected chi connectivity index (χ1v) is 4.83. The molecule has 0 aromatic carbocycles. The Hall–Kier alpha value is -1.32. The fourth-order valence-corrected chi connectivity index (χ4v) is 1.44. The molecule has 1 atom stereocenters. The molecule has 0 rings (SSSR count). The number of ketones is 1. The van der Waals surface area contributed by atoms with E-state index in [2.05, 4.69) is 11.3 Å². The molecule has 4 heteroatoms. The summed E-state index contributed by atoms with van der Waals surface area (Å²) >= 11 is 0. The van der Waals surface area contributed by atoms with E-state index in [4.69, 9.17) is 0 Å². The van der Waals surface area contributed by atoms with E-state index in [1.165, 1.54) is 12.0 Å². The molecule has 86 valence electrons. The number of likely N-dealkylation sites (N-methyl/N-ethyl adjacent to an activating group) is 1. The lowest BCUT2D eigenvalue weighted by Crippen LogP contribution is -2.45. The first-order chi connectivity index (χ1) is 6.82. The van der Waals surface area contributed by atoms with Crippen LogP contribution in [0.1, 0.15) is 20.8 Å². The third-order valence-corrected chi connectivity index (χ3v) is 2.20. The van der Waals surface area contributed by atoms with Crippen LogP contribution in [-0.2, 0) is 9.53 Å². The summed E-state index contributed by atoms with van der Waals surface area (Å²) in [5.74, 6) is -0.101. The molecule has 4 nitrogen and oxygen atoms in total. The Balaban J connectivity index is 4.90. The van der Waals surface area contributed by atoms with E-state index >= 15 is 0 Å². The van der Waals surface area contributed by atoms with Crippen LogP contribution in [0.2, 0.25) is 0 Å². The second kappa shape index (κ2) is 5.53. The highest BCUT2D eigenvalue weighted by Crippen LogP contribution is 2.14. The van der Waals surface area contributed by atoms with Gasteiger partial charge in [0, 0.05) is 7.05 Å². The van der Waals surface area contributed by atoms with Gasteiger partial charge in [0.05, 0.1) is 13.2 Å². The largest absolute Gasteiger partial charge is 0.453 e. The zero-order valence-electron chi connectivity index (χ0n) is 10.0. The van der Waals surface area contributed by atoms with Crippen molar-refractivity contribution in [3.8, 4) is 0 Å². The molecule has 0 radical (unpaired) electrons. The molecule has 1 unspecified atom stereocenters. The van der Waals surface area contributed by atoms with Crippen molar-refractivity contribution in [2.24, 2.45) is 5.92 Å². The lowest BCUT2D eigenvalue weighted by Gasteiger charge is -2.28. The molecule has 0 aliphatic rings. The summed E-state index contributed by atoms with van der Waals surface area (Å²) in [6.45, 7) is 9.00. The number of carbonyl (C=O) groups excluding carboxylic acids is 2. The molecule has 1 amide bonds. The summed E-state index contributed by atoms with van der Waals surface area (Å²) in [6.07, 6.45) is -0.511. The summed E-state index contributed by atoms with van der Waals surface area (Å²) in [5, 5.41) is 0. The fraction of sp³-hybridized carbons (Fsp3) is 0.636. The van der Waals surface area contributed by atoms with Crippen LogP contribution in [0.25, 0.3) is 0 Å². The molecule has 0 aromatic rings. The molecule has 0 saturated heterocycles. The van der Waals surface area contributed by atoms with E-state index in [0.717, 1.165) is 0 Å². The number of rotatable bonds is 4. The number of methoxy groups -OCH3 is 1. The molecular weight excluding hydrogens is 194 g/mol. The summed E-state index contributed by atoms with van der Waals surface area (Å²) in [7, 11) is 2.85. The minimum atomic E-state index is -0.511. The van der Waals surface area contributed by atoms with Crippen molar-refractivity contribution in [1.82, 2.24) is 4.90 Å². The normalized spacial score (nSPS) is 12.1. The number of hydrogen-bond donors (Lipinski definition) is 0. The molecule has 0 N–H and O–H groups in total. The van der Waals surface area contributed by atoms with Gasteiger partial charge in [-0.15, -0.1) is 0 Å². The minimum Gasteiger partial charge on any atom is -0.453 e. The smallest absolute Gasteiger partial charge is 0.409 e. The van der Waals surface area contributed by atoms with Gasteiger partial charge in [-0.2, -0.15) is 0 Å². The highest BCUT2D eigenvalue weighted by Gasteiger charge is 2.30. The Bertz CT molecular complexity index is 271. The topological polar surface area (TPSA) is 46.6 Å². The summed E-state index contributed by atoms with van der Waals surface area (Å²) in [4.78, 5) is 24.4. The van der Waals surface area contributed by atoms with Crippen LogP contribution in [0.15, 0.2) is 12.2 Å². The Labute approximate surface area is 90.9 Å². The fourth-order valence-electron chi connectivity index (χ4n) is 1.44. The molecule has 0 aromatic heterocycles. The lowest BCUT2D eigenvalue weighted by atomic mass is 9.95. The maximum Gasteiger partial charge on any atom is 0.409 e. The van der Waals surface area contributed by atoms with Crippen LogP contribution >= 0.6 is 0 Å². The molecule has 0 fully saturated rings. The van der Waals surface area contributed by atoms with Gasteiger partial charge in [0.2, 0.25) is 0 Å². The van der Waals surface area contributed by atoms with Gasteiger partial charge in [0.15, 0.2) is 5.78 Å². The SMILES string of the molecule is C=C(C)C(=O)C(C(C)C)N(C)C(=O)OC. The van der Waals surface area contributed by atoms with Crippen molar-refractivity contribution in [2.45, 2.75) is 26.8 Å². The van der Waals surface area contributed by atoms with Crippen molar-refractivity contribution < 1.29 is 14.3 Å². The van der Waals surface area contributed by atoms with Gasteiger partial charge >= 0.3 is 6.09 Å². The molecule has 15 heavy (non-hydrogen) atoms. The van der Waals surface area contributed by atoms with Gasteiger partial charge in [-0.3, -0.25) is 4.79 Å². The average molecular weight is 213 g/mol. The molecular formula is C11H19NO3. The monoisotopic (exact) mass is 213 g/mol. The minimum absolute atomic E-state index is 0.0262.